The van der Waals surface area contributed by atoms with Crippen LogP contribution in [0.1, 0.15) is 5.56 Å². The van der Waals surface area contributed by atoms with E-state index < -0.39 is 5.82 Å². The van der Waals surface area contributed by atoms with Gasteiger partial charge in [-0.3, -0.25) is 0 Å². The summed E-state index contributed by atoms with van der Waals surface area (Å²) in [6.07, 6.45) is 0. The molecule has 6 heteroatoms. The van der Waals surface area contributed by atoms with Crippen molar-refractivity contribution in [2.24, 2.45) is 0 Å². The van der Waals surface area contributed by atoms with Gasteiger partial charge in [-0.05, 0) is 40.2 Å². The lowest BCUT2D eigenvalue weighted by molar-refractivity contribution is 0.440. The number of nitrogens with zero attached hydrogens (tertiary/aromatic N) is 1. The minimum atomic E-state index is -0.627. The zero-order valence-corrected chi connectivity index (χ0v) is 12.6. The summed E-state index contributed by atoms with van der Waals surface area (Å²) in [7, 11) is 0. The third kappa shape index (κ3) is 3.06. The second kappa shape index (κ2) is 5.59. The maximum Gasteiger partial charge on any atom is 0.181 e. The fraction of sp³-hybridized carbons (Fsp3) is 0. The monoisotopic (exact) mass is 384 g/mol. The molecule has 0 bridgehead atoms. The van der Waals surface area contributed by atoms with Crippen LogP contribution in [0.4, 0.5) is 10.1 Å². The first-order valence-corrected chi connectivity index (χ1v) is 6.72. The topological polar surface area (TPSA) is 59.0 Å². The van der Waals surface area contributed by atoms with Gasteiger partial charge in [-0.25, -0.2) is 4.39 Å². The van der Waals surface area contributed by atoms with Gasteiger partial charge in [-0.1, -0.05) is 15.9 Å². The smallest absolute Gasteiger partial charge is 0.181 e. The molecule has 0 atom stereocenters. The van der Waals surface area contributed by atoms with Gasteiger partial charge in [-0.2, -0.15) is 5.26 Å². The first-order valence-electron chi connectivity index (χ1n) is 5.13. The number of hydrogen-bond donors (Lipinski definition) is 1. The molecule has 0 heterocycles. The highest BCUT2D eigenvalue weighted by Gasteiger charge is 2.13. The van der Waals surface area contributed by atoms with Crippen molar-refractivity contribution >= 4 is 37.5 Å². The fourth-order valence-corrected chi connectivity index (χ4v) is 2.37. The van der Waals surface area contributed by atoms with Crippen LogP contribution >= 0.6 is 31.9 Å². The zero-order valence-electron chi connectivity index (χ0n) is 9.45. The van der Waals surface area contributed by atoms with E-state index in [1.165, 1.54) is 12.1 Å². The van der Waals surface area contributed by atoms with Gasteiger partial charge in [0.15, 0.2) is 11.6 Å². The van der Waals surface area contributed by atoms with E-state index in [0.29, 0.717) is 11.4 Å². The molecule has 0 amide bonds. The van der Waals surface area contributed by atoms with Crippen molar-refractivity contribution < 1.29 is 9.13 Å². The lowest BCUT2D eigenvalue weighted by Gasteiger charge is -2.09. The molecule has 0 saturated heterocycles. The summed E-state index contributed by atoms with van der Waals surface area (Å²) >= 11 is 6.30. The number of halogens is 3. The lowest BCUT2D eigenvalue weighted by atomic mass is 10.2. The van der Waals surface area contributed by atoms with E-state index in [1.807, 2.05) is 6.07 Å². The standard InChI is InChI=1S/C13H7Br2FN2O/c14-8-3-9(18)5-10(4-8)19-11-2-1-7(6-17)12(15)13(11)16/h1-5H,18H2. The Bertz CT molecular complexity index is 663. The molecule has 2 rings (SSSR count). The highest BCUT2D eigenvalue weighted by molar-refractivity contribution is 9.10. The molecule has 96 valence electrons. The molecule has 0 aliphatic heterocycles. The molecule has 0 spiro atoms. The number of ether oxygens (including phenoxy) is 1. The molecule has 3 nitrogen and oxygen atoms in total. The van der Waals surface area contributed by atoms with Gasteiger partial charge in [0.2, 0.25) is 0 Å². The second-order valence-corrected chi connectivity index (χ2v) is 5.38. The predicted molar refractivity (Wildman–Crippen MR) is 77.4 cm³/mol. The molecule has 0 saturated carbocycles. The summed E-state index contributed by atoms with van der Waals surface area (Å²) < 4.78 is 20.2. The van der Waals surface area contributed by atoms with E-state index >= 15 is 0 Å². The number of hydrogen-bond acceptors (Lipinski definition) is 3. The zero-order chi connectivity index (χ0) is 14.0. The normalized spacial score (nSPS) is 10.0. The number of anilines is 1. The Morgan fingerprint density at radius 3 is 2.58 bits per heavy atom. The number of nitrogens with two attached hydrogens (primary N) is 1. The number of nitrogen functional groups attached to an aromatic ring is 1. The van der Waals surface area contributed by atoms with E-state index in [-0.39, 0.29) is 15.8 Å². The van der Waals surface area contributed by atoms with Gasteiger partial charge in [0.1, 0.15) is 11.8 Å². The van der Waals surface area contributed by atoms with E-state index in [9.17, 15) is 4.39 Å². The molecule has 0 aliphatic rings. The summed E-state index contributed by atoms with van der Waals surface area (Å²) in [5.74, 6) is -0.205. The summed E-state index contributed by atoms with van der Waals surface area (Å²) in [4.78, 5) is 0. The van der Waals surface area contributed by atoms with Crippen LogP contribution in [-0.4, -0.2) is 0 Å². The van der Waals surface area contributed by atoms with Crippen LogP contribution in [0.25, 0.3) is 0 Å². The first-order chi connectivity index (χ1) is 9.01. The minimum Gasteiger partial charge on any atom is -0.454 e. The van der Waals surface area contributed by atoms with Gasteiger partial charge in [-0.15, -0.1) is 0 Å². The van der Waals surface area contributed by atoms with E-state index in [4.69, 9.17) is 15.7 Å². The number of benzene rings is 2. The van der Waals surface area contributed by atoms with Crippen molar-refractivity contribution in [2.75, 3.05) is 5.73 Å². The molecule has 0 aliphatic carbocycles. The van der Waals surface area contributed by atoms with Gasteiger partial charge >= 0.3 is 0 Å². The molecule has 0 aromatic heterocycles. The van der Waals surface area contributed by atoms with E-state index in [0.717, 1.165) is 4.47 Å². The average Bonchev–Trinajstić information content (AvgIpc) is 2.34. The Balaban J connectivity index is 2.39. The molecule has 2 N–H and O–H groups in total. The Morgan fingerprint density at radius 2 is 1.95 bits per heavy atom. The van der Waals surface area contributed by atoms with Crippen molar-refractivity contribution in [1.29, 1.82) is 5.26 Å². The predicted octanol–water partition coefficient (Wildman–Crippen LogP) is 4.60. The quantitative estimate of drug-likeness (QED) is 0.768. The Hall–Kier alpha value is -1.58. The summed E-state index contributed by atoms with van der Waals surface area (Å²) in [6.45, 7) is 0. The van der Waals surface area contributed by atoms with Crippen molar-refractivity contribution in [3.8, 4) is 17.6 Å². The van der Waals surface area contributed by atoms with Crippen molar-refractivity contribution in [3.63, 3.8) is 0 Å². The highest BCUT2D eigenvalue weighted by atomic mass is 79.9. The van der Waals surface area contributed by atoms with Crippen LogP contribution in [0.5, 0.6) is 11.5 Å². The maximum absolute atomic E-state index is 14.0. The molecular formula is C13H7Br2FN2O. The van der Waals surface area contributed by atoms with Crippen molar-refractivity contribution in [1.82, 2.24) is 0 Å². The SMILES string of the molecule is N#Cc1ccc(Oc2cc(N)cc(Br)c2)c(F)c1Br. The number of rotatable bonds is 2. The number of nitriles is 1. The lowest BCUT2D eigenvalue weighted by Crippen LogP contribution is -1.93. The molecule has 0 unspecified atom stereocenters. The largest absolute Gasteiger partial charge is 0.454 e. The van der Waals surface area contributed by atoms with Gasteiger partial charge < -0.3 is 10.5 Å². The first kappa shape index (κ1) is 13.8. The molecule has 2 aromatic carbocycles. The molecular weight excluding hydrogens is 379 g/mol. The molecule has 2 aromatic rings. The summed E-state index contributed by atoms with van der Waals surface area (Å²) in [5.41, 5.74) is 6.38. The Labute approximate surface area is 126 Å². The van der Waals surface area contributed by atoms with Crippen LogP contribution in [0.15, 0.2) is 39.3 Å². The fourth-order valence-electron chi connectivity index (χ4n) is 1.47. The van der Waals surface area contributed by atoms with Crippen molar-refractivity contribution in [3.05, 3.63) is 50.7 Å². The Morgan fingerprint density at radius 1 is 1.21 bits per heavy atom. The average molecular weight is 386 g/mol. The molecule has 19 heavy (non-hydrogen) atoms. The van der Waals surface area contributed by atoms with Crippen LogP contribution in [0, 0.1) is 17.1 Å². The van der Waals surface area contributed by atoms with E-state index in [1.54, 1.807) is 18.2 Å². The summed E-state index contributed by atoms with van der Waals surface area (Å²) in [6, 6.07) is 9.70. The van der Waals surface area contributed by atoms with Crippen LogP contribution in [-0.2, 0) is 0 Å². The molecule has 0 fully saturated rings. The van der Waals surface area contributed by atoms with Gasteiger partial charge in [0.25, 0.3) is 0 Å². The van der Waals surface area contributed by atoms with Crippen LogP contribution in [0.2, 0.25) is 0 Å². The third-order valence-corrected chi connectivity index (χ3v) is 3.52. The van der Waals surface area contributed by atoms with Gasteiger partial charge in [0.05, 0.1) is 10.0 Å². The Kier molecular flexibility index (Phi) is 4.08. The van der Waals surface area contributed by atoms with E-state index in [2.05, 4.69) is 31.9 Å². The maximum atomic E-state index is 14.0. The van der Waals surface area contributed by atoms with Crippen LogP contribution < -0.4 is 10.5 Å². The van der Waals surface area contributed by atoms with Crippen LogP contribution in [0.3, 0.4) is 0 Å². The molecule has 0 radical (unpaired) electrons. The third-order valence-electron chi connectivity index (χ3n) is 2.29. The van der Waals surface area contributed by atoms with Gasteiger partial charge in [0, 0.05) is 16.2 Å². The minimum absolute atomic E-state index is 0.0170. The highest BCUT2D eigenvalue weighted by Crippen LogP contribution is 2.33. The summed E-state index contributed by atoms with van der Waals surface area (Å²) in [5, 5.41) is 8.79. The second-order valence-electron chi connectivity index (χ2n) is 3.67. The van der Waals surface area contributed by atoms with Crippen molar-refractivity contribution in [2.45, 2.75) is 0 Å².